The standard InChI is InChI=1S/C14H19BrN2O2/c1-16-10-3-5-11(6-4-10)17-14(19)9-2-7-12(15)13(18)8-9/h2,7-8,10-11,16,18H,3-6H2,1H3,(H,17,19). The maximum Gasteiger partial charge on any atom is 0.251 e. The minimum absolute atomic E-state index is 0.0894. The van der Waals surface area contributed by atoms with Gasteiger partial charge in [-0.05, 0) is 66.9 Å². The first kappa shape index (κ1) is 14.3. The van der Waals surface area contributed by atoms with Crippen molar-refractivity contribution >= 4 is 21.8 Å². The third-order valence-electron chi connectivity index (χ3n) is 3.68. The Labute approximate surface area is 121 Å². The lowest BCUT2D eigenvalue weighted by molar-refractivity contribution is 0.0924. The van der Waals surface area contributed by atoms with Gasteiger partial charge in [0, 0.05) is 17.6 Å². The van der Waals surface area contributed by atoms with Gasteiger partial charge in [-0.25, -0.2) is 0 Å². The van der Waals surface area contributed by atoms with E-state index in [9.17, 15) is 9.90 Å². The molecular weight excluding hydrogens is 308 g/mol. The number of phenols is 1. The fourth-order valence-electron chi connectivity index (χ4n) is 2.45. The van der Waals surface area contributed by atoms with E-state index in [1.165, 1.54) is 6.07 Å². The molecule has 0 radical (unpaired) electrons. The van der Waals surface area contributed by atoms with Gasteiger partial charge in [-0.15, -0.1) is 0 Å². The van der Waals surface area contributed by atoms with E-state index < -0.39 is 0 Å². The van der Waals surface area contributed by atoms with Crippen molar-refractivity contribution < 1.29 is 9.90 Å². The summed E-state index contributed by atoms with van der Waals surface area (Å²) >= 11 is 3.20. The van der Waals surface area contributed by atoms with Crippen LogP contribution in [0.1, 0.15) is 36.0 Å². The zero-order chi connectivity index (χ0) is 13.8. The number of aromatic hydroxyl groups is 1. The average Bonchev–Trinajstić information content (AvgIpc) is 2.42. The SMILES string of the molecule is CNC1CCC(NC(=O)c2ccc(Br)c(O)c2)CC1. The molecule has 0 heterocycles. The summed E-state index contributed by atoms with van der Waals surface area (Å²) in [4.78, 5) is 12.1. The van der Waals surface area contributed by atoms with Crippen LogP contribution in [0.3, 0.4) is 0 Å². The van der Waals surface area contributed by atoms with E-state index in [2.05, 4.69) is 26.6 Å². The van der Waals surface area contributed by atoms with E-state index in [-0.39, 0.29) is 17.7 Å². The first-order valence-electron chi connectivity index (χ1n) is 6.57. The van der Waals surface area contributed by atoms with Crippen LogP contribution in [-0.2, 0) is 0 Å². The molecule has 1 saturated carbocycles. The van der Waals surface area contributed by atoms with Crippen LogP contribution in [0.25, 0.3) is 0 Å². The van der Waals surface area contributed by atoms with Crippen molar-refractivity contribution in [2.24, 2.45) is 0 Å². The Morgan fingerprint density at radius 3 is 2.47 bits per heavy atom. The molecule has 4 nitrogen and oxygen atoms in total. The number of nitrogens with one attached hydrogen (secondary N) is 2. The molecule has 3 N–H and O–H groups in total. The molecule has 1 aromatic rings. The summed E-state index contributed by atoms with van der Waals surface area (Å²) in [6, 6.07) is 5.69. The van der Waals surface area contributed by atoms with E-state index in [0.29, 0.717) is 16.1 Å². The van der Waals surface area contributed by atoms with E-state index in [1.54, 1.807) is 12.1 Å². The number of amides is 1. The van der Waals surface area contributed by atoms with Gasteiger partial charge in [-0.2, -0.15) is 0 Å². The third kappa shape index (κ3) is 3.70. The quantitative estimate of drug-likeness (QED) is 0.799. The second-order valence-electron chi connectivity index (χ2n) is 4.98. The summed E-state index contributed by atoms with van der Waals surface area (Å²) in [5.74, 6) is -0.0257. The van der Waals surface area contributed by atoms with Crippen LogP contribution in [0, 0.1) is 0 Å². The van der Waals surface area contributed by atoms with Gasteiger partial charge in [-0.3, -0.25) is 4.79 Å². The molecule has 5 heteroatoms. The molecule has 1 amide bonds. The number of hydrogen-bond acceptors (Lipinski definition) is 3. The van der Waals surface area contributed by atoms with Gasteiger partial charge < -0.3 is 15.7 Å². The van der Waals surface area contributed by atoms with E-state index in [4.69, 9.17) is 0 Å². The van der Waals surface area contributed by atoms with E-state index in [0.717, 1.165) is 25.7 Å². The highest BCUT2D eigenvalue weighted by Crippen LogP contribution is 2.25. The second-order valence-corrected chi connectivity index (χ2v) is 5.83. The third-order valence-corrected chi connectivity index (χ3v) is 4.35. The van der Waals surface area contributed by atoms with Crippen molar-refractivity contribution in [1.82, 2.24) is 10.6 Å². The lowest BCUT2D eigenvalue weighted by atomic mass is 9.91. The molecule has 1 aromatic carbocycles. The molecule has 1 fully saturated rings. The van der Waals surface area contributed by atoms with Crippen LogP contribution in [0.2, 0.25) is 0 Å². The number of phenolic OH excluding ortho intramolecular Hbond substituents is 1. The summed E-state index contributed by atoms with van der Waals surface area (Å²) < 4.78 is 0.596. The van der Waals surface area contributed by atoms with Gasteiger partial charge >= 0.3 is 0 Å². The van der Waals surface area contributed by atoms with Gasteiger partial charge in [0.15, 0.2) is 0 Å². The smallest absolute Gasteiger partial charge is 0.251 e. The number of rotatable bonds is 3. The van der Waals surface area contributed by atoms with Gasteiger partial charge in [0.1, 0.15) is 5.75 Å². The lowest BCUT2D eigenvalue weighted by Gasteiger charge is -2.28. The van der Waals surface area contributed by atoms with Crippen LogP contribution in [0.15, 0.2) is 22.7 Å². The van der Waals surface area contributed by atoms with Crippen LogP contribution >= 0.6 is 15.9 Å². The number of hydrogen-bond donors (Lipinski definition) is 3. The first-order chi connectivity index (χ1) is 9.10. The minimum Gasteiger partial charge on any atom is -0.507 e. The monoisotopic (exact) mass is 326 g/mol. The summed E-state index contributed by atoms with van der Waals surface area (Å²) in [6.07, 6.45) is 4.18. The number of carbonyl (C=O) groups excluding carboxylic acids is 1. The van der Waals surface area contributed by atoms with Crippen LogP contribution in [-0.4, -0.2) is 30.1 Å². The summed E-state index contributed by atoms with van der Waals surface area (Å²) in [5.41, 5.74) is 0.497. The molecule has 19 heavy (non-hydrogen) atoms. The van der Waals surface area contributed by atoms with Crippen molar-refractivity contribution in [2.45, 2.75) is 37.8 Å². The molecule has 0 aromatic heterocycles. The number of benzene rings is 1. The second kappa shape index (κ2) is 6.39. The average molecular weight is 327 g/mol. The summed E-state index contributed by atoms with van der Waals surface area (Å²) in [6.45, 7) is 0. The normalized spacial score (nSPS) is 23.1. The molecule has 0 atom stereocenters. The van der Waals surface area contributed by atoms with Crippen LogP contribution in [0.4, 0.5) is 0 Å². The highest BCUT2D eigenvalue weighted by molar-refractivity contribution is 9.10. The molecule has 104 valence electrons. The zero-order valence-electron chi connectivity index (χ0n) is 10.9. The topological polar surface area (TPSA) is 61.4 Å². The number of halogens is 1. The molecule has 1 aliphatic rings. The Morgan fingerprint density at radius 2 is 1.89 bits per heavy atom. The highest BCUT2D eigenvalue weighted by Gasteiger charge is 2.21. The fraction of sp³-hybridized carbons (Fsp3) is 0.500. The Bertz CT molecular complexity index is 457. The van der Waals surface area contributed by atoms with Crippen molar-refractivity contribution in [2.75, 3.05) is 7.05 Å². The number of carbonyl (C=O) groups is 1. The van der Waals surface area contributed by atoms with Gasteiger partial charge in [0.2, 0.25) is 0 Å². The predicted molar refractivity (Wildman–Crippen MR) is 78.4 cm³/mol. The summed E-state index contributed by atoms with van der Waals surface area (Å²) in [5, 5.41) is 15.9. The molecule has 0 saturated heterocycles. The molecule has 0 spiro atoms. The molecule has 1 aliphatic carbocycles. The largest absolute Gasteiger partial charge is 0.507 e. The molecular formula is C14H19BrN2O2. The maximum atomic E-state index is 12.1. The Morgan fingerprint density at radius 1 is 1.26 bits per heavy atom. The van der Waals surface area contributed by atoms with E-state index in [1.807, 2.05) is 7.05 Å². The van der Waals surface area contributed by atoms with Gasteiger partial charge in [0.05, 0.1) is 4.47 Å². The van der Waals surface area contributed by atoms with E-state index >= 15 is 0 Å². The van der Waals surface area contributed by atoms with Crippen molar-refractivity contribution in [3.8, 4) is 5.75 Å². The van der Waals surface area contributed by atoms with Crippen molar-refractivity contribution in [3.05, 3.63) is 28.2 Å². The predicted octanol–water partition coefficient (Wildman–Crippen LogP) is 2.42. The molecule has 0 unspecified atom stereocenters. The lowest BCUT2D eigenvalue weighted by Crippen LogP contribution is -2.41. The Balaban J connectivity index is 1.92. The first-order valence-corrected chi connectivity index (χ1v) is 7.36. The van der Waals surface area contributed by atoms with Gasteiger partial charge in [-0.1, -0.05) is 0 Å². The van der Waals surface area contributed by atoms with Crippen LogP contribution in [0.5, 0.6) is 5.75 Å². The Hall–Kier alpha value is -1.07. The summed E-state index contributed by atoms with van der Waals surface area (Å²) in [7, 11) is 1.98. The van der Waals surface area contributed by atoms with Crippen molar-refractivity contribution in [1.29, 1.82) is 0 Å². The molecule has 0 bridgehead atoms. The maximum absolute atomic E-state index is 12.1. The zero-order valence-corrected chi connectivity index (χ0v) is 12.5. The van der Waals surface area contributed by atoms with Gasteiger partial charge in [0.25, 0.3) is 5.91 Å². The highest BCUT2D eigenvalue weighted by atomic mass is 79.9. The Kier molecular flexibility index (Phi) is 4.82. The van der Waals surface area contributed by atoms with Crippen molar-refractivity contribution in [3.63, 3.8) is 0 Å². The van der Waals surface area contributed by atoms with Crippen LogP contribution < -0.4 is 10.6 Å². The fourth-order valence-corrected chi connectivity index (χ4v) is 2.70. The molecule has 0 aliphatic heterocycles. The minimum atomic E-state index is -0.115. The molecule has 2 rings (SSSR count).